The van der Waals surface area contributed by atoms with Crippen LogP contribution >= 0.6 is 15.9 Å². The molecule has 0 fully saturated rings. The summed E-state index contributed by atoms with van der Waals surface area (Å²) in [5.74, 6) is 1.29. The molecule has 1 aliphatic heterocycles. The summed E-state index contributed by atoms with van der Waals surface area (Å²) < 4.78 is 17.5. The lowest BCUT2D eigenvalue weighted by atomic mass is 10.1. The first-order valence-corrected chi connectivity index (χ1v) is 7.26. The minimum absolute atomic E-state index is 0.0446. The van der Waals surface area contributed by atoms with E-state index in [0.717, 1.165) is 10.9 Å². The van der Waals surface area contributed by atoms with Gasteiger partial charge in [0.15, 0.2) is 17.6 Å². The van der Waals surface area contributed by atoms with Crippen molar-refractivity contribution in [2.45, 2.75) is 18.9 Å². The second-order valence-electron chi connectivity index (χ2n) is 4.34. The maximum Gasteiger partial charge on any atom is 0.175 e. The van der Waals surface area contributed by atoms with Gasteiger partial charge in [0, 0.05) is 18.6 Å². The molecular formula is C14H16BrNO4. The molecule has 108 valence electrons. The Morgan fingerprint density at radius 3 is 2.95 bits per heavy atom. The molecule has 1 atom stereocenters. The molecule has 0 saturated carbocycles. The normalized spacial score (nSPS) is 15.2. The standard InChI is InChI=1S/C14H16BrNO4/c15-11-7-10(13(9-16)19-4-1-3-17)8-12-14(11)20-6-2-5-18-12/h7-8,13,17H,1-6H2. The third kappa shape index (κ3) is 3.63. The van der Waals surface area contributed by atoms with E-state index in [4.69, 9.17) is 19.3 Å². The van der Waals surface area contributed by atoms with Crippen molar-refractivity contribution >= 4 is 15.9 Å². The van der Waals surface area contributed by atoms with E-state index in [-0.39, 0.29) is 6.61 Å². The van der Waals surface area contributed by atoms with Crippen molar-refractivity contribution in [2.75, 3.05) is 26.4 Å². The highest BCUT2D eigenvalue weighted by molar-refractivity contribution is 9.10. The number of hydrogen-bond donors (Lipinski definition) is 1. The first-order valence-electron chi connectivity index (χ1n) is 6.47. The Morgan fingerprint density at radius 1 is 1.40 bits per heavy atom. The van der Waals surface area contributed by atoms with Crippen molar-refractivity contribution in [3.63, 3.8) is 0 Å². The molecule has 0 aromatic heterocycles. The van der Waals surface area contributed by atoms with Gasteiger partial charge in [-0.15, -0.1) is 0 Å². The van der Waals surface area contributed by atoms with Crippen LogP contribution in [0.15, 0.2) is 16.6 Å². The summed E-state index contributed by atoms with van der Waals surface area (Å²) in [4.78, 5) is 0. The number of hydrogen-bond acceptors (Lipinski definition) is 5. The third-order valence-electron chi connectivity index (χ3n) is 2.83. The van der Waals surface area contributed by atoms with Gasteiger partial charge in [-0.3, -0.25) is 0 Å². The second-order valence-corrected chi connectivity index (χ2v) is 5.19. The van der Waals surface area contributed by atoms with E-state index < -0.39 is 6.10 Å². The summed E-state index contributed by atoms with van der Waals surface area (Å²) in [5, 5.41) is 18.0. The number of ether oxygens (including phenoxy) is 3. The van der Waals surface area contributed by atoms with Crippen molar-refractivity contribution < 1.29 is 19.3 Å². The fraction of sp³-hybridized carbons (Fsp3) is 0.500. The van der Waals surface area contributed by atoms with Gasteiger partial charge in [0.1, 0.15) is 0 Å². The van der Waals surface area contributed by atoms with Gasteiger partial charge in [0.2, 0.25) is 0 Å². The smallest absolute Gasteiger partial charge is 0.175 e. The largest absolute Gasteiger partial charge is 0.490 e. The maximum absolute atomic E-state index is 9.20. The van der Waals surface area contributed by atoms with Crippen LogP contribution in [0.2, 0.25) is 0 Å². The molecule has 0 amide bonds. The predicted molar refractivity (Wildman–Crippen MR) is 75.8 cm³/mol. The highest BCUT2D eigenvalue weighted by Crippen LogP contribution is 2.40. The van der Waals surface area contributed by atoms with Crippen LogP contribution in [0.3, 0.4) is 0 Å². The van der Waals surface area contributed by atoms with Gasteiger partial charge in [-0.25, -0.2) is 0 Å². The van der Waals surface area contributed by atoms with E-state index in [1.807, 2.05) is 0 Å². The van der Waals surface area contributed by atoms with E-state index in [2.05, 4.69) is 22.0 Å². The number of aliphatic hydroxyl groups is 1. The van der Waals surface area contributed by atoms with Gasteiger partial charge in [-0.2, -0.15) is 5.26 Å². The fourth-order valence-electron chi connectivity index (χ4n) is 1.88. The van der Waals surface area contributed by atoms with Gasteiger partial charge in [0.05, 0.1) is 30.4 Å². The molecule has 1 heterocycles. The minimum atomic E-state index is -0.685. The van der Waals surface area contributed by atoms with Gasteiger partial charge in [-0.05, 0) is 34.5 Å². The molecular weight excluding hydrogens is 326 g/mol. The number of nitriles is 1. The lowest BCUT2D eigenvalue weighted by molar-refractivity contribution is 0.0771. The molecule has 0 spiro atoms. The Morgan fingerprint density at radius 2 is 2.20 bits per heavy atom. The van der Waals surface area contributed by atoms with E-state index in [1.165, 1.54) is 0 Å². The Hall–Kier alpha value is -1.29. The van der Waals surface area contributed by atoms with Crippen molar-refractivity contribution in [1.29, 1.82) is 5.26 Å². The minimum Gasteiger partial charge on any atom is -0.490 e. The highest BCUT2D eigenvalue weighted by atomic mass is 79.9. The topological polar surface area (TPSA) is 71.7 Å². The van der Waals surface area contributed by atoms with Gasteiger partial charge in [-0.1, -0.05) is 0 Å². The molecule has 1 N–H and O–H groups in total. The molecule has 1 aromatic carbocycles. The van der Waals surface area contributed by atoms with E-state index in [0.29, 0.717) is 43.3 Å². The molecule has 1 unspecified atom stereocenters. The summed E-state index contributed by atoms with van der Waals surface area (Å²) in [6, 6.07) is 5.69. The van der Waals surface area contributed by atoms with Crippen molar-refractivity contribution in [1.82, 2.24) is 0 Å². The summed E-state index contributed by atoms with van der Waals surface area (Å²) in [6.07, 6.45) is 0.643. The van der Waals surface area contributed by atoms with Crippen LogP contribution in [-0.4, -0.2) is 31.5 Å². The molecule has 5 nitrogen and oxygen atoms in total. The molecule has 0 radical (unpaired) electrons. The van der Waals surface area contributed by atoms with Crippen LogP contribution in [-0.2, 0) is 4.74 Å². The first-order chi connectivity index (χ1) is 9.76. The Balaban J connectivity index is 2.21. The number of nitrogens with zero attached hydrogens (tertiary/aromatic N) is 1. The zero-order chi connectivity index (χ0) is 14.4. The predicted octanol–water partition coefficient (Wildman–Crippen LogP) is 2.57. The average molecular weight is 342 g/mol. The van der Waals surface area contributed by atoms with Crippen LogP contribution in [0.4, 0.5) is 0 Å². The Labute approximate surface area is 126 Å². The van der Waals surface area contributed by atoms with Crippen LogP contribution in [0, 0.1) is 11.3 Å². The molecule has 0 bridgehead atoms. The zero-order valence-corrected chi connectivity index (χ0v) is 12.6. The van der Waals surface area contributed by atoms with Crippen molar-refractivity contribution in [2.24, 2.45) is 0 Å². The highest BCUT2D eigenvalue weighted by Gasteiger charge is 2.19. The van der Waals surface area contributed by atoms with E-state index in [1.54, 1.807) is 12.1 Å². The monoisotopic (exact) mass is 341 g/mol. The van der Waals surface area contributed by atoms with Gasteiger partial charge >= 0.3 is 0 Å². The van der Waals surface area contributed by atoms with Crippen molar-refractivity contribution in [3.8, 4) is 17.6 Å². The SMILES string of the molecule is N#CC(OCCCO)c1cc(Br)c2c(c1)OCCCO2. The molecule has 0 aliphatic carbocycles. The molecule has 20 heavy (non-hydrogen) atoms. The average Bonchev–Trinajstić information content (AvgIpc) is 2.69. The third-order valence-corrected chi connectivity index (χ3v) is 3.42. The first kappa shape index (κ1) is 15.1. The van der Waals surface area contributed by atoms with E-state index >= 15 is 0 Å². The quantitative estimate of drug-likeness (QED) is 0.833. The van der Waals surface area contributed by atoms with E-state index in [9.17, 15) is 5.26 Å². The zero-order valence-electron chi connectivity index (χ0n) is 11.0. The molecule has 1 aromatic rings. The van der Waals surface area contributed by atoms with Crippen LogP contribution in [0.5, 0.6) is 11.5 Å². The number of rotatable bonds is 5. The van der Waals surface area contributed by atoms with Crippen LogP contribution in [0.25, 0.3) is 0 Å². The molecule has 2 rings (SSSR count). The summed E-state index contributed by atoms with van der Waals surface area (Å²) in [5.41, 5.74) is 0.710. The number of fused-ring (bicyclic) bond motifs is 1. The summed E-state index contributed by atoms with van der Waals surface area (Å²) in [6.45, 7) is 1.58. The van der Waals surface area contributed by atoms with Crippen molar-refractivity contribution in [3.05, 3.63) is 22.2 Å². The Bertz CT molecular complexity index is 501. The molecule has 1 aliphatic rings. The lowest BCUT2D eigenvalue weighted by Crippen LogP contribution is -2.05. The Kier molecular flexibility index (Phi) is 5.65. The fourth-order valence-corrected chi connectivity index (χ4v) is 2.45. The maximum atomic E-state index is 9.20. The molecule has 0 saturated heterocycles. The second kappa shape index (κ2) is 7.48. The summed E-state index contributed by atoms with van der Waals surface area (Å²) >= 11 is 3.44. The van der Waals surface area contributed by atoms with Crippen LogP contribution < -0.4 is 9.47 Å². The number of aliphatic hydroxyl groups excluding tert-OH is 1. The van der Waals surface area contributed by atoms with Gasteiger partial charge in [0.25, 0.3) is 0 Å². The van der Waals surface area contributed by atoms with Gasteiger partial charge < -0.3 is 19.3 Å². The molecule has 6 heteroatoms. The van der Waals surface area contributed by atoms with Crippen LogP contribution in [0.1, 0.15) is 24.5 Å². The number of halogens is 1. The lowest BCUT2D eigenvalue weighted by Gasteiger charge is -2.15. The summed E-state index contributed by atoms with van der Waals surface area (Å²) in [7, 11) is 0. The number of benzene rings is 1.